The van der Waals surface area contributed by atoms with E-state index in [9.17, 15) is 4.79 Å². The van der Waals surface area contributed by atoms with Crippen LogP contribution in [0, 0.1) is 20.8 Å². The average Bonchev–Trinajstić information content (AvgIpc) is 3.12. The van der Waals surface area contributed by atoms with Gasteiger partial charge in [-0.2, -0.15) is 0 Å². The number of fused-ring (bicyclic) bond motifs is 2. The predicted octanol–water partition coefficient (Wildman–Crippen LogP) is 4.73. The molecule has 29 heavy (non-hydrogen) atoms. The van der Waals surface area contributed by atoms with Gasteiger partial charge in [-0.05, 0) is 74.2 Å². The van der Waals surface area contributed by atoms with Crippen molar-refractivity contribution in [3.63, 3.8) is 0 Å². The summed E-state index contributed by atoms with van der Waals surface area (Å²) >= 11 is 0. The van der Waals surface area contributed by atoms with E-state index >= 15 is 0 Å². The van der Waals surface area contributed by atoms with Crippen molar-refractivity contribution >= 4 is 22.5 Å². The second-order valence-electron chi connectivity index (χ2n) is 7.94. The molecule has 1 fully saturated rings. The summed E-state index contributed by atoms with van der Waals surface area (Å²) in [4.78, 5) is 19.1. The second-order valence-corrected chi connectivity index (χ2v) is 7.94. The van der Waals surface area contributed by atoms with Crippen molar-refractivity contribution in [2.24, 2.45) is 0 Å². The quantitative estimate of drug-likeness (QED) is 0.637. The lowest BCUT2D eigenvalue weighted by atomic mass is 9.99. The van der Waals surface area contributed by atoms with Crippen molar-refractivity contribution in [3.05, 3.63) is 47.0 Å². The molecule has 0 spiro atoms. The van der Waals surface area contributed by atoms with Crippen molar-refractivity contribution < 1.29 is 14.3 Å². The number of anilines is 1. The van der Waals surface area contributed by atoms with Gasteiger partial charge in [-0.15, -0.1) is 0 Å². The molecular formula is C24H24N2O3. The number of nitrogens with zero attached hydrogens (tertiary/aromatic N) is 2. The Bertz CT molecular complexity index is 1150. The number of benzene rings is 2. The Morgan fingerprint density at radius 2 is 1.66 bits per heavy atom. The number of rotatable bonds is 2. The molecule has 2 aliphatic rings. The van der Waals surface area contributed by atoms with Gasteiger partial charge in [0.05, 0.1) is 11.2 Å². The minimum Gasteiger partial charge on any atom is -0.486 e. The van der Waals surface area contributed by atoms with Crippen molar-refractivity contribution in [2.45, 2.75) is 33.6 Å². The molecule has 2 aliphatic heterocycles. The van der Waals surface area contributed by atoms with Crippen LogP contribution in [0.1, 0.15) is 29.5 Å². The molecule has 1 aromatic heterocycles. The number of aryl methyl sites for hydroxylation is 3. The highest BCUT2D eigenvalue weighted by Gasteiger charge is 2.24. The van der Waals surface area contributed by atoms with E-state index in [1.54, 1.807) is 0 Å². The molecule has 5 rings (SSSR count). The molecule has 0 atom stereocenters. The molecule has 0 radical (unpaired) electrons. The largest absolute Gasteiger partial charge is 0.486 e. The summed E-state index contributed by atoms with van der Waals surface area (Å²) in [6.45, 7) is 8.18. The molecule has 3 heterocycles. The number of ether oxygens (including phenoxy) is 2. The van der Waals surface area contributed by atoms with Crippen LogP contribution in [0.4, 0.5) is 5.69 Å². The lowest BCUT2D eigenvalue weighted by Crippen LogP contribution is -2.24. The van der Waals surface area contributed by atoms with Gasteiger partial charge in [0.2, 0.25) is 5.91 Å². The first-order valence-corrected chi connectivity index (χ1v) is 10.1. The van der Waals surface area contributed by atoms with E-state index in [0.717, 1.165) is 69.0 Å². The maximum absolute atomic E-state index is 12.2. The normalized spacial score (nSPS) is 16.0. The number of carbonyl (C=O) groups excluding carboxylic acids is 1. The highest BCUT2D eigenvalue weighted by Crippen LogP contribution is 2.38. The van der Waals surface area contributed by atoms with E-state index < -0.39 is 0 Å². The molecular weight excluding hydrogens is 364 g/mol. The number of pyridine rings is 1. The topological polar surface area (TPSA) is 51.7 Å². The third-order valence-electron chi connectivity index (χ3n) is 5.86. The highest BCUT2D eigenvalue weighted by atomic mass is 16.6. The number of aromatic nitrogens is 1. The van der Waals surface area contributed by atoms with Crippen LogP contribution in [0.5, 0.6) is 11.5 Å². The van der Waals surface area contributed by atoms with Crippen LogP contribution in [0.15, 0.2) is 30.3 Å². The van der Waals surface area contributed by atoms with E-state index in [1.807, 2.05) is 17.0 Å². The fraction of sp³-hybridized carbons (Fsp3) is 0.333. The summed E-state index contributed by atoms with van der Waals surface area (Å²) < 4.78 is 11.5. The van der Waals surface area contributed by atoms with Crippen LogP contribution < -0.4 is 14.4 Å². The van der Waals surface area contributed by atoms with Crippen LogP contribution in [-0.4, -0.2) is 30.6 Å². The molecule has 0 unspecified atom stereocenters. The van der Waals surface area contributed by atoms with Gasteiger partial charge < -0.3 is 14.4 Å². The van der Waals surface area contributed by atoms with Gasteiger partial charge in [0.15, 0.2) is 11.5 Å². The van der Waals surface area contributed by atoms with Crippen molar-refractivity contribution in [2.75, 3.05) is 24.7 Å². The summed E-state index contributed by atoms with van der Waals surface area (Å²) in [7, 11) is 0. The third-order valence-corrected chi connectivity index (χ3v) is 5.86. The van der Waals surface area contributed by atoms with Crippen LogP contribution >= 0.6 is 0 Å². The molecule has 0 aliphatic carbocycles. The van der Waals surface area contributed by atoms with Crippen molar-refractivity contribution in [3.8, 4) is 22.8 Å². The fourth-order valence-electron chi connectivity index (χ4n) is 4.33. The average molecular weight is 388 g/mol. The Morgan fingerprint density at radius 1 is 0.897 bits per heavy atom. The minimum absolute atomic E-state index is 0.210. The number of carbonyl (C=O) groups is 1. The molecule has 1 amide bonds. The monoisotopic (exact) mass is 388 g/mol. The summed E-state index contributed by atoms with van der Waals surface area (Å²) in [5, 5.41) is 1.09. The molecule has 5 heteroatoms. The zero-order valence-corrected chi connectivity index (χ0v) is 17.0. The van der Waals surface area contributed by atoms with Crippen molar-refractivity contribution in [1.29, 1.82) is 0 Å². The Balaban J connectivity index is 1.63. The van der Waals surface area contributed by atoms with E-state index in [0.29, 0.717) is 19.6 Å². The number of hydrogen-bond acceptors (Lipinski definition) is 4. The van der Waals surface area contributed by atoms with Gasteiger partial charge in [-0.1, -0.05) is 0 Å². The summed E-state index contributed by atoms with van der Waals surface area (Å²) in [5.41, 5.74) is 7.26. The van der Waals surface area contributed by atoms with E-state index in [4.69, 9.17) is 14.5 Å². The third kappa shape index (κ3) is 3.01. The Labute approximate surface area is 170 Å². The van der Waals surface area contributed by atoms with Crippen LogP contribution in [0.2, 0.25) is 0 Å². The molecule has 5 nitrogen and oxygen atoms in total. The van der Waals surface area contributed by atoms with E-state index in [1.165, 1.54) is 0 Å². The lowest BCUT2D eigenvalue weighted by molar-refractivity contribution is -0.117. The Kier molecular flexibility index (Phi) is 4.19. The SMILES string of the molecule is Cc1cc2c(cc1-c1cc(C)c3cc(N4CCCC4=O)c(C)cc3n1)OCCO2. The first kappa shape index (κ1) is 18.0. The first-order chi connectivity index (χ1) is 14.0. The van der Waals surface area contributed by atoms with Gasteiger partial charge in [-0.25, -0.2) is 4.98 Å². The summed E-state index contributed by atoms with van der Waals surface area (Å²) in [6.07, 6.45) is 1.56. The van der Waals surface area contributed by atoms with Gasteiger partial charge in [-0.3, -0.25) is 4.79 Å². The minimum atomic E-state index is 0.210. The maximum atomic E-state index is 12.2. The van der Waals surface area contributed by atoms with Crippen LogP contribution in [-0.2, 0) is 4.79 Å². The van der Waals surface area contributed by atoms with Crippen LogP contribution in [0.3, 0.4) is 0 Å². The molecule has 0 bridgehead atoms. The standard InChI is InChI=1S/C24H24N2O3/c1-14-9-19(18-13-23-22(11-15(18)2)28-7-8-29-23)25-20-10-16(3)21(12-17(14)20)26-6-4-5-24(26)27/h9-13H,4-8H2,1-3H3. The Morgan fingerprint density at radius 3 is 2.38 bits per heavy atom. The molecule has 148 valence electrons. The van der Waals surface area contributed by atoms with Gasteiger partial charge in [0.1, 0.15) is 13.2 Å². The molecule has 2 aromatic carbocycles. The number of hydrogen-bond donors (Lipinski definition) is 0. The van der Waals surface area contributed by atoms with Gasteiger partial charge in [0.25, 0.3) is 0 Å². The fourth-order valence-corrected chi connectivity index (χ4v) is 4.33. The van der Waals surface area contributed by atoms with E-state index in [2.05, 4.69) is 39.0 Å². The predicted molar refractivity (Wildman–Crippen MR) is 114 cm³/mol. The Hall–Kier alpha value is -3.08. The first-order valence-electron chi connectivity index (χ1n) is 10.1. The molecule has 3 aromatic rings. The van der Waals surface area contributed by atoms with Crippen LogP contribution in [0.25, 0.3) is 22.2 Å². The molecule has 0 N–H and O–H groups in total. The smallest absolute Gasteiger partial charge is 0.227 e. The zero-order chi connectivity index (χ0) is 20.1. The summed E-state index contributed by atoms with van der Waals surface area (Å²) in [6, 6.07) is 10.4. The van der Waals surface area contributed by atoms with E-state index in [-0.39, 0.29) is 5.91 Å². The highest BCUT2D eigenvalue weighted by molar-refractivity contribution is 5.99. The second kappa shape index (κ2) is 6.76. The molecule has 0 saturated carbocycles. The summed E-state index contributed by atoms with van der Waals surface area (Å²) in [5.74, 6) is 1.78. The van der Waals surface area contributed by atoms with Gasteiger partial charge in [0, 0.05) is 29.6 Å². The lowest BCUT2D eigenvalue weighted by Gasteiger charge is -2.21. The number of amides is 1. The zero-order valence-electron chi connectivity index (χ0n) is 17.0. The molecule has 1 saturated heterocycles. The van der Waals surface area contributed by atoms with Gasteiger partial charge >= 0.3 is 0 Å². The van der Waals surface area contributed by atoms with Crippen molar-refractivity contribution in [1.82, 2.24) is 4.98 Å². The maximum Gasteiger partial charge on any atom is 0.227 e.